The molecule has 0 saturated heterocycles. The fourth-order valence-corrected chi connectivity index (χ4v) is 1.50. The van der Waals surface area contributed by atoms with Crippen molar-refractivity contribution >= 4 is 5.97 Å². The Bertz CT molecular complexity index is 183. The van der Waals surface area contributed by atoms with Gasteiger partial charge in [-0.3, -0.25) is 0 Å². The van der Waals surface area contributed by atoms with Gasteiger partial charge in [-0.15, -0.1) is 6.58 Å². The molecule has 1 atom stereocenters. The van der Waals surface area contributed by atoms with Gasteiger partial charge in [-0.25, -0.2) is 4.79 Å². The second-order valence-electron chi connectivity index (χ2n) is 3.38. The third kappa shape index (κ3) is 3.19. The zero-order valence-corrected chi connectivity index (χ0v) is 7.74. The van der Waals surface area contributed by atoms with E-state index in [9.17, 15) is 9.90 Å². The molecule has 1 fully saturated rings. The Morgan fingerprint density at radius 1 is 1.62 bits per heavy atom. The van der Waals surface area contributed by atoms with Crippen LogP contribution in [0.25, 0.3) is 0 Å². The Hall–Kier alpha value is -0.830. The highest BCUT2D eigenvalue weighted by atomic mass is 16.6. The van der Waals surface area contributed by atoms with Gasteiger partial charge in [0.15, 0.2) is 6.10 Å². The molecule has 3 heteroatoms. The lowest BCUT2D eigenvalue weighted by atomic mass is 10.2. The molecule has 74 valence electrons. The van der Waals surface area contributed by atoms with Gasteiger partial charge in [-0.2, -0.15) is 0 Å². The van der Waals surface area contributed by atoms with Gasteiger partial charge in [0.1, 0.15) is 6.10 Å². The van der Waals surface area contributed by atoms with Crippen LogP contribution in [0.4, 0.5) is 0 Å². The van der Waals surface area contributed by atoms with Crippen LogP contribution in [-0.4, -0.2) is 23.3 Å². The second-order valence-corrected chi connectivity index (χ2v) is 3.38. The predicted octanol–water partition coefficient (Wildman–Crippen LogP) is 1.41. The highest BCUT2D eigenvalue weighted by Crippen LogP contribution is 2.21. The zero-order chi connectivity index (χ0) is 9.68. The molecule has 0 aromatic rings. The summed E-state index contributed by atoms with van der Waals surface area (Å²) in [6, 6.07) is 0. The molecule has 1 aliphatic rings. The van der Waals surface area contributed by atoms with Crippen LogP contribution in [-0.2, 0) is 9.53 Å². The first-order valence-electron chi connectivity index (χ1n) is 4.73. The molecule has 0 aliphatic heterocycles. The van der Waals surface area contributed by atoms with E-state index in [0.29, 0.717) is 0 Å². The standard InChI is InChI=1S/C10H16O3/c1-2-5-9(11)10(12)13-8-6-3-4-7-8/h2,8-9,11H,1,3-7H2. The number of rotatable bonds is 4. The van der Waals surface area contributed by atoms with E-state index in [2.05, 4.69) is 6.58 Å². The van der Waals surface area contributed by atoms with E-state index in [1.165, 1.54) is 6.08 Å². The van der Waals surface area contributed by atoms with E-state index < -0.39 is 12.1 Å². The molecule has 0 radical (unpaired) electrons. The third-order valence-electron chi connectivity index (χ3n) is 2.25. The molecule has 0 amide bonds. The Morgan fingerprint density at radius 2 is 2.23 bits per heavy atom. The van der Waals surface area contributed by atoms with Crippen molar-refractivity contribution < 1.29 is 14.6 Å². The molecule has 1 N–H and O–H groups in total. The van der Waals surface area contributed by atoms with E-state index in [1.54, 1.807) is 0 Å². The SMILES string of the molecule is C=CCC(O)C(=O)OC1CCCC1. The minimum absolute atomic E-state index is 0.0342. The molecule has 1 saturated carbocycles. The van der Waals surface area contributed by atoms with Crippen molar-refractivity contribution in [2.24, 2.45) is 0 Å². The molecule has 13 heavy (non-hydrogen) atoms. The van der Waals surface area contributed by atoms with Crippen LogP contribution in [0.3, 0.4) is 0 Å². The maximum atomic E-state index is 11.2. The lowest BCUT2D eigenvalue weighted by Crippen LogP contribution is -2.26. The molecule has 0 spiro atoms. The molecule has 1 aliphatic carbocycles. The number of esters is 1. The van der Waals surface area contributed by atoms with Gasteiger partial charge in [0.05, 0.1) is 0 Å². The minimum atomic E-state index is -1.03. The van der Waals surface area contributed by atoms with Gasteiger partial charge >= 0.3 is 5.97 Å². The third-order valence-corrected chi connectivity index (χ3v) is 2.25. The lowest BCUT2D eigenvalue weighted by Gasteiger charge is -2.13. The predicted molar refractivity (Wildman–Crippen MR) is 49.2 cm³/mol. The highest BCUT2D eigenvalue weighted by molar-refractivity contribution is 5.74. The summed E-state index contributed by atoms with van der Waals surface area (Å²) < 4.78 is 5.09. The lowest BCUT2D eigenvalue weighted by molar-refractivity contribution is -0.158. The molecule has 0 heterocycles. The van der Waals surface area contributed by atoms with Crippen LogP contribution in [0.1, 0.15) is 32.1 Å². The quantitative estimate of drug-likeness (QED) is 0.530. The molecule has 0 aromatic carbocycles. The minimum Gasteiger partial charge on any atom is -0.460 e. The smallest absolute Gasteiger partial charge is 0.335 e. The summed E-state index contributed by atoms with van der Waals surface area (Å²) in [5.41, 5.74) is 0. The molecule has 3 nitrogen and oxygen atoms in total. The maximum Gasteiger partial charge on any atom is 0.335 e. The van der Waals surface area contributed by atoms with E-state index in [4.69, 9.17) is 4.74 Å². The number of aliphatic hydroxyl groups excluding tert-OH is 1. The van der Waals surface area contributed by atoms with E-state index in [-0.39, 0.29) is 12.5 Å². The average molecular weight is 184 g/mol. The Labute approximate surface area is 78.4 Å². The van der Waals surface area contributed by atoms with Gasteiger partial charge in [0.25, 0.3) is 0 Å². The van der Waals surface area contributed by atoms with Crippen molar-refractivity contribution in [3.05, 3.63) is 12.7 Å². The van der Waals surface area contributed by atoms with Gasteiger partial charge in [-0.05, 0) is 25.7 Å². The number of hydrogen-bond acceptors (Lipinski definition) is 3. The van der Waals surface area contributed by atoms with Gasteiger partial charge in [-0.1, -0.05) is 6.08 Å². The van der Waals surface area contributed by atoms with Crippen LogP contribution < -0.4 is 0 Å². The number of carbonyl (C=O) groups excluding carboxylic acids is 1. The zero-order valence-electron chi connectivity index (χ0n) is 7.74. The summed E-state index contributed by atoms with van der Waals surface area (Å²) in [7, 11) is 0. The fraction of sp³-hybridized carbons (Fsp3) is 0.700. The normalized spacial score (nSPS) is 19.8. The van der Waals surface area contributed by atoms with Gasteiger partial charge in [0, 0.05) is 6.42 Å². The Balaban J connectivity index is 2.26. The highest BCUT2D eigenvalue weighted by Gasteiger charge is 2.22. The van der Waals surface area contributed by atoms with E-state index in [1.807, 2.05) is 0 Å². The number of hydrogen-bond donors (Lipinski definition) is 1. The molecule has 1 unspecified atom stereocenters. The summed E-state index contributed by atoms with van der Waals surface area (Å²) >= 11 is 0. The van der Waals surface area contributed by atoms with Crippen LogP contribution in [0.15, 0.2) is 12.7 Å². The Morgan fingerprint density at radius 3 is 2.77 bits per heavy atom. The van der Waals surface area contributed by atoms with Crippen molar-refractivity contribution in [2.75, 3.05) is 0 Å². The summed E-state index contributed by atoms with van der Waals surface area (Å²) in [4.78, 5) is 11.2. The van der Waals surface area contributed by atoms with E-state index >= 15 is 0 Å². The van der Waals surface area contributed by atoms with Crippen LogP contribution in [0.2, 0.25) is 0 Å². The van der Waals surface area contributed by atoms with Crippen LogP contribution in [0.5, 0.6) is 0 Å². The van der Waals surface area contributed by atoms with Crippen LogP contribution >= 0.6 is 0 Å². The van der Waals surface area contributed by atoms with Crippen molar-refractivity contribution in [3.63, 3.8) is 0 Å². The van der Waals surface area contributed by atoms with Crippen molar-refractivity contribution in [3.8, 4) is 0 Å². The van der Waals surface area contributed by atoms with Gasteiger partial charge in [0.2, 0.25) is 0 Å². The maximum absolute atomic E-state index is 11.2. The van der Waals surface area contributed by atoms with E-state index in [0.717, 1.165) is 25.7 Å². The topological polar surface area (TPSA) is 46.5 Å². The van der Waals surface area contributed by atoms with Crippen molar-refractivity contribution in [1.29, 1.82) is 0 Å². The Kier molecular flexibility index (Phi) is 3.96. The first-order valence-corrected chi connectivity index (χ1v) is 4.73. The first kappa shape index (κ1) is 10.3. The number of carbonyl (C=O) groups is 1. The first-order chi connectivity index (χ1) is 6.24. The summed E-state index contributed by atoms with van der Waals surface area (Å²) in [6.07, 6.45) is 4.90. The summed E-state index contributed by atoms with van der Waals surface area (Å²) in [5, 5.41) is 9.23. The average Bonchev–Trinajstić information content (AvgIpc) is 2.57. The second kappa shape index (κ2) is 5.02. The number of aliphatic hydroxyl groups is 1. The van der Waals surface area contributed by atoms with Crippen LogP contribution in [0, 0.1) is 0 Å². The molecule has 0 aromatic heterocycles. The fourth-order valence-electron chi connectivity index (χ4n) is 1.50. The molecule has 1 rings (SSSR count). The monoisotopic (exact) mass is 184 g/mol. The molecule has 0 bridgehead atoms. The molecular weight excluding hydrogens is 168 g/mol. The summed E-state index contributed by atoms with van der Waals surface area (Å²) in [5.74, 6) is -0.508. The summed E-state index contributed by atoms with van der Waals surface area (Å²) in [6.45, 7) is 3.45. The largest absolute Gasteiger partial charge is 0.460 e. The van der Waals surface area contributed by atoms with Crippen molar-refractivity contribution in [2.45, 2.75) is 44.3 Å². The van der Waals surface area contributed by atoms with Crippen molar-refractivity contribution in [1.82, 2.24) is 0 Å². The van der Waals surface area contributed by atoms with Gasteiger partial charge < -0.3 is 9.84 Å². The number of ether oxygens (including phenoxy) is 1. The molecular formula is C10H16O3.